The summed E-state index contributed by atoms with van der Waals surface area (Å²) >= 11 is 0. The molecule has 0 aromatic carbocycles. The third kappa shape index (κ3) is 9.08. The molecule has 2 aliphatic rings. The van der Waals surface area contributed by atoms with E-state index in [0.29, 0.717) is 12.2 Å². The Labute approximate surface area is 194 Å². The van der Waals surface area contributed by atoms with Gasteiger partial charge in [-0.2, -0.15) is 0 Å². The van der Waals surface area contributed by atoms with Crippen molar-refractivity contribution in [2.45, 2.75) is 110 Å². The molecule has 5 heteroatoms. The molecule has 5 nitrogen and oxygen atoms in total. The van der Waals surface area contributed by atoms with E-state index in [-0.39, 0.29) is 36.1 Å². The van der Waals surface area contributed by atoms with Crippen molar-refractivity contribution in [1.82, 2.24) is 0 Å². The average Bonchev–Trinajstić information content (AvgIpc) is 3.12. The number of hydrogen-bond acceptors (Lipinski definition) is 4. The van der Waals surface area contributed by atoms with Gasteiger partial charge in [0.1, 0.15) is 5.78 Å². The highest BCUT2D eigenvalue weighted by Gasteiger charge is 2.35. The van der Waals surface area contributed by atoms with Gasteiger partial charge in [-0.05, 0) is 51.4 Å². The van der Waals surface area contributed by atoms with Crippen LogP contribution in [0, 0.1) is 29.1 Å². The second kappa shape index (κ2) is 13.8. The van der Waals surface area contributed by atoms with Gasteiger partial charge in [-0.3, -0.25) is 9.59 Å². The summed E-state index contributed by atoms with van der Waals surface area (Å²) in [5.41, 5.74) is -0.150. The highest BCUT2D eigenvalue weighted by molar-refractivity contribution is 5.83. The number of ketones is 1. The Balaban J connectivity index is 1.96. The smallest absolute Gasteiger partial charge is 0.303 e. The quantitative estimate of drug-likeness (QED) is 0.216. The van der Waals surface area contributed by atoms with E-state index in [4.69, 9.17) is 14.6 Å². The van der Waals surface area contributed by atoms with Crippen molar-refractivity contribution in [1.29, 1.82) is 0 Å². The van der Waals surface area contributed by atoms with E-state index in [0.717, 1.165) is 70.8 Å². The lowest BCUT2D eigenvalue weighted by molar-refractivity contribution is -0.196. The third-order valence-corrected chi connectivity index (χ3v) is 6.77. The Hall–Kier alpha value is -1.64. The summed E-state index contributed by atoms with van der Waals surface area (Å²) in [6.45, 7) is 6.98. The van der Waals surface area contributed by atoms with Gasteiger partial charge in [-0.15, -0.1) is 11.8 Å². The molecule has 4 atom stereocenters. The first-order chi connectivity index (χ1) is 15.3. The van der Waals surface area contributed by atoms with Crippen molar-refractivity contribution in [3.63, 3.8) is 0 Å². The van der Waals surface area contributed by atoms with Crippen LogP contribution in [0.5, 0.6) is 0 Å². The minimum absolute atomic E-state index is 0.0795. The summed E-state index contributed by atoms with van der Waals surface area (Å²) in [6, 6.07) is 0. The lowest BCUT2D eigenvalue weighted by atomic mass is 9.81. The molecule has 1 saturated carbocycles. The van der Waals surface area contributed by atoms with Gasteiger partial charge in [0.25, 0.3) is 0 Å². The van der Waals surface area contributed by atoms with Crippen molar-refractivity contribution >= 4 is 11.8 Å². The maximum atomic E-state index is 12.5. The van der Waals surface area contributed by atoms with Gasteiger partial charge in [-0.1, -0.05) is 45.3 Å². The van der Waals surface area contributed by atoms with Crippen LogP contribution in [0.3, 0.4) is 0 Å². The molecular formula is C27H42O5. The van der Waals surface area contributed by atoms with Gasteiger partial charge in [0.15, 0.2) is 6.29 Å². The zero-order valence-electron chi connectivity index (χ0n) is 20.2. The van der Waals surface area contributed by atoms with Crippen molar-refractivity contribution in [2.24, 2.45) is 17.3 Å². The normalized spacial score (nSPS) is 25.0. The first kappa shape index (κ1) is 26.6. The van der Waals surface area contributed by atoms with Crippen molar-refractivity contribution in [3.05, 3.63) is 12.2 Å². The Morgan fingerprint density at radius 2 is 2.03 bits per heavy atom. The molecule has 0 amide bonds. The van der Waals surface area contributed by atoms with Gasteiger partial charge >= 0.3 is 5.97 Å². The van der Waals surface area contributed by atoms with Crippen LogP contribution < -0.4 is 0 Å². The predicted octanol–water partition coefficient (Wildman–Crippen LogP) is 5.91. The summed E-state index contributed by atoms with van der Waals surface area (Å²) in [4.78, 5) is 23.1. The van der Waals surface area contributed by atoms with Crippen LogP contribution in [0.1, 0.15) is 97.8 Å². The Morgan fingerprint density at radius 1 is 1.25 bits per heavy atom. The third-order valence-electron chi connectivity index (χ3n) is 6.77. The van der Waals surface area contributed by atoms with Crippen LogP contribution in [0.4, 0.5) is 0 Å². The Kier molecular flexibility index (Phi) is 11.5. The number of hydrogen-bond donors (Lipinski definition) is 1. The molecule has 2 rings (SSSR count). The number of rotatable bonds is 13. The molecule has 1 unspecified atom stereocenters. The fourth-order valence-electron chi connectivity index (χ4n) is 4.67. The van der Waals surface area contributed by atoms with Crippen LogP contribution in [0.25, 0.3) is 0 Å². The molecule has 32 heavy (non-hydrogen) atoms. The molecule has 0 radical (unpaired) electrons. The molecule has 180 valence electrons. The highest BCUT2D eigenvalue weighted by Crippen LogP contribution is 2.36. The topological polar surface area (TPSA) is 72.8 Å². The fourth-order valence-corrected chi connectivity index (χ4v) is 4.67. The van der Waals surface area contributed by atoms with Crippen LogP contribution in [-0.4, -0.2) is 35.9 Å². The van der Waals surface area contributed by atoms with Crippen molar-refractivity contribution in [2.75, 3.05) is 6.61 Å². The van der Waals surface area contributed by atoms with Crippen molar-refractivity contribution in [3.8, 4) is 11.8 Å². The number of carboxylic acids is 1. The second-order valence-electron chi connectivity index (χ2n) is 9.95. The number of unbranched alkanes of at least 4 members (excludes halogenated alkanes) is 3. The lowest BCUT2D eigenvalue weighted by Gasteiger charge is -2.35. The summed E-state index contributed by atoms with van der Waals surface area (Å²) < 4.78 is 12.2. The monoisotopic (exact) mass is 446 g/mol. The van der Waals surface area contributed by atoms with Crippen LogP contribution in [0.15, 0.2) is 12.2 Å². The van der Waals surface area contributed by atoms with Gasteiger partial charge < -0.3 is 14.6 Å². The number of ether oxygens (including phenoxy) is 2. The average molecular weight is 447 g/mol. The molecule has 1 N–H and O–H groups in total. The zero-order valence-corrected chi connectivity index (χ0v) is 20.2. The van der Waals surface area contributed by atoms with Gasteiger partial charge in [0, 0.05) is 37.2 Å². The summed E-state index contributed by atoms with van der Waals surface area (Å²) in [7, 11) is 0. The molecule has 1 aliphatic carbocycles. The fraction of sp³-hybridized carbons (Fsp3) is 0.778. The van der Waals surface area contributed by atoms with Crippen molar-refractivity contribution < 1.29 is 24.2 Å². The minimum atomic E-state index is -0.732. The largest absolute Gasteiger partial charge is 0.481 e. The maximum absolute atomic E-state index is 12.5. The molecule has 1 heterocycles. The molecule has 1 saturated heterocycles. The van der Waals surface area contributed by atoms with E-state index in [1.807, 2.05) is 6.92 Å². The molecule has 1 aliphatic heterocycles. The number of allylic oxidation sites excluding steroid dienone is 1. The highest BCUT2D eigenvalue weighted by atomic mass is 16.7. The van der Waals surface area contributed by atoms with Gasteiger partial charge in [-0.25, -0.2) is 0 Å². The number of carbonyl (C=O) groups is 2. The Bertz CT molecular complexity index is 678. The van der Waals surface area contributed by atoms with Gasteiger partial charge in [0.2, 0.25) is 0 Å². The Morgan fingerprint density at radius 3 is 2.72 bits per heavy atom. The first-order valence-electron chi connectivity index (χ1n) is 12.4. The number of carbonyl (C=O) groups excluding carboxylic acids is 1. The van der Waals surface area contributed by atoms with Crippen LogP contribution in [0.2, 0.25) is 0 Å². The molecule has 0 spiro atoms. The zero-order chi connectivity index (χ0) is 23.4. The first-order valence-corrected chi connectivity index (χ1v) is 12.4. The second-order valence-corrected chi connectivity index (χ2v) is 9.95. The standard InChI is InChI=1S/C27H42O5/c1-4-5-19-27(2,3)24(32-26-14-10-11-20-31-26)18-16-21-15-17-23(28)22(21)12-8-6-7-9-13-25(29)30/h16,18,21-22,24,26H,6-15,17,19-20H2,1-3H3,(H,29,30)/b18-16+/t21-,22-,24-,26?/m1/s1. The van der Waals surface area contributed by atoms with E-state index in [9.17, 15) is 9.59 Å². The number of Topliss-reactive ketones (excluding diaryl/α,β-unsaturated/α-hetero) is 1. The molecule has 0 bridgehead atoms. The van der Waals surface area contributed by atoms with Crippen LogP contribution >= 0.6 is 0 Å². The van der Waals surface area contributed by atoms with Crippen LogP contribution in [-0.2, 0) is 19.1 Å². The SMILES string of the molecule is CC#CCC(C)(C)[C@@H](/C=C/[C@H]1CCC(=O)[C@@H]1CCCCCCC(=O)O)OC1CCCCO1. The van der Waals surface area contributed by atoms with E-state index < -0.39 is 5.97 Å². The summed E-state index contributed by atoms with van der Waals surface area (Å²) in [5.74, 6) is 6.18. The van der Waals surface area contributed by atoms with E-state index in [2.05, 4.69) is 37.8 Å². The summed E-state index contributed by atoms with van der Waals surface area (Å²) in [5, 5.41) is 8.75. The maximum Gasteiger partial charge on any atom is 0.303 e. The number of aliphatic carboxylic acids is 1. The predicted molar refractivity (Wildman–Crippen MR) is 126 cm³/mol. The molecule has 2 fully saturated rings. The number of carboxylic acid groups (broad SMARTS) is 1. The van der Waals surface area contributed by atoms with E-state index in [1.54, 1.807) is 0 Å². The molecule has 0 aromatic rings. The van der Waals surface area contributed by atoms with E-state index >= 15 is 0 Å². The molecule has 0 aromatic heterocycles. The van der Waals surface area contributed by atoms with E-state index in [1.165, 1.54) is 0 Å². The van der Waals surface area contributed by atoms with Gasteiger partial charge in [0.05, 0.1) is 6.10 Å². The molecular weight excluding hydrogens is 404 g/mol. The summed E-state index contributed by atoms with van der Waals surface area (Å²) in [6.07, 6.45) is 14.3. The minimum Gasteiger partial charge on any atom is -0.481 e. The lowest BCUT2D eigenvalue weighted by Crippen LogP contribution is -2.36.